The number of aromatic nitrogens is 9. The number of aromatic amines is 1. The molecule has 0 saturated carbocycles. The Morgan fingerprint density at radius 2 is 0.963 bits per heavy atom. The molecule has 0 aliphatic carbocycles. The minimum Gasteiger partial charge on any atom is -0.481 e. The second kappa shape index (κ2) is 27.1. The number of benzene rings is 3. The molecular weight excluding hydrogens is 1100 g/mol. The molecule has 0 unspecified atom stereocenters. The van der Waals surface area contributed by atoms with Gasteiger partial charge in [0.1, 0.15) is 17.2 Å². The third-order valence-corrected chi connectivity index (χ3v) is 12.1. The van der Waals surface area contributed by atoms with E-state index < -0.39 is 0 Å². The summed E-state index contributed by atoms with van der Waals surface area (Å²) in [6, 6.07) is 49.0. The Labute approximate surface area is 473 Å². The fourth-order valence-electron chi connectivity index (χ4n) is 7.85. The van der Waals surface area contributed by atoms with E-state index in [1.807, 2.05) is 138 Å². The number of ether oxygens (including phenoxy) is 6. The van der Waals surface area contributed by atoms with Gasteiger partial charge in [0.15, 0.2) is 0 Å². The molecule has 12 aromatic rings. The van der Waals surface area contributed by atoms with Crippen LogP contribution < -0.4 is 34.2 Å². The molecule has 20 heteroatoms. The van der Waals surface area contributed by atoms with E-state index in [0.717, 1.165) is 65.6 Å². The van der Waals surface area contributed by atoms with E-state index in [-0.39, 0.29) is 12.4 Å². The van der Waals surface area contributed by atoms with Gasteiger partial charge in [0, 0.05) is 112 Å². The van der Waals surface area contributed by atoms with E-state index in [9.17, 15) is 0 Å². The van der Waals surface area contributed by atoms with Crippen LogP contribution in [0.1, 0.15) is 16.7 Å². The zero-order valence-corrected chi connectivity index (χ0v) is 45.4. The topological polar surface area (TPSA) is 232 Å². The van der Waals surface area contributed by atoms with Gasteiger partial charge in [0.05, 0.1) is 79.4 Å². The number of nitriles is 2. The summed E-state index contributed by atoms with van der Waals surface area (Å²) in [5, 5.41) is 20.8. The van der Waals surface area contributed by atoms with Gasteiger partial charge in [-0.05, 0) is 112 Å². The van der Waals surface area contributed by atoms with Crippen molar-refractivity contribution in [2.75, 3.05) is 21.3 Å². The molecule has 9 aromatic heterocycles. The van der Waals surface area contributed by atoms with Crippen molar-refractivity contribution in [1.29, 1.82) is 10.5 Å². The Bertz CT molecular complexity index is 4070. The number of fused-ring (bicyclic) bond motifs is 3. The molecule has 80 heavy (non-hydrogen) atoms. The predicted molar refractivity (Wildman–Crippen MR) is 310 cm³/mol. The number of hydrogen-bond donors (Lipinski definition) is 2. The number of nitrogens with zero attached hydrogens (tertiary/aromatic N) is 10. The minimum absolute atomic E-state index is 0. The van der Waals surface area contributed by atoms with Crippen molar-refractivity contribution in [3.8, 4) is 76.0 Å². The maximum Gasteiger partial charge on any atom is 0.220 e. The van der Waals surface area contributed by atoms with Crippen LogP contribution in [0, 0.1) is 22.7 Å². The normalized spacial score (nSPS) is 10.2. The lowest BCUT2D eigenvalue weighted by Gasteiger charge is -2.09. The highest BCUT2D eigenvalue weighted by molar-refractivity contribution is 9.10. The van der Waals surface area contributed by atoms with Gasteiger partial charge in [0.2, 0.25) is 35.3 Å². The highest BCUT2D eigenvalue weighted by Crippen LogP contribution is 2.34. The molecule has 0 spiro atoms. The summed E-state index contributed by atoms with van der Waals surface area (Å²) in [6.45, 7) is 0.448. The van der Waals surface area contributed by atoms with Crippen LogP contribution in [0.15, 0.2) is 206 Å². The highest BCUT2D eigenvalue weighted by atomic mass is 79.9. The second-order valence-electron chi connectivity index (χ2n) is 16.6. The zero-order valence-electron chi connectivity index (χ0n) is 43.0. The largest absolute Gasteiger partial charge is 0.481 e. The third-order valence-electron chi connectivity index (χ3n) is 11.7. The summed E-state index contributed by atoms with van der Waals surface area (Å²) in [7, 11) is 4.78. The molecule has 18 nitrogen and oxygen atoms in total. The number of nitrogens with two attached hydrogens (primary N) is 1. The van der Waals surface area contributed by atoms with E-state index in [1.54, 1.807) is 88.8 Å². The number of halogens is 2. The van der Waals surface area contributed by atoms with Crippen LogP contribution in [0.2, 0.25) is 0 Å². The van der Waals surface area contributed by atoms with Crippen LogP contribution in [-0.4, -0.2) is 65.4 Å². The average molecular weight is 1150 g/mol. The lowest BCUT2D eigenvalue weighted by Crippen LogP contribution is -1.97. The van der Waals surface area contributed by atoms with Crippen LogP contribution in [-0.2, 0) is 6.54 Å². The first-order valence-corrected chi connectivity index (χ1v) is 24.9. The van der Waals surface area contributed by atoms with Gasteiger partial charge in [0.25, 0.3) is 0 Å². The molecule has 9 heterocycles. The first kappa shape index (κ1) is 55.9. The molecule has 0 aliphatic heterocycles. The van der Waals surface area contributed by atoms with Crippen molar-refractivity contribution in [2.24, 2.45) is 5.73 Å². The number of rotatable bonds is 12. The lowest BCUT2D eigenvalue weighted by atomic mass is 10.2. The van der Waals surface area contributed by atoms with Crippen molar-refractivity contribution in [2.45, 2.75) is 6.54 Å². The van der Waals surface area contributed by atoms with Crippen molar-refractivity contribution < 1.29 is 28.4 Å². The van der Waals surface area contributed by atoms with Gasteiger partial charge >= 0.3 is 0 Å². The van der Waals surface area contributed by atoms with E-state index in [4.69, 9.17) is 44.7 Å². The Balaban J connectivity index is 0.000000147. The Kier molecular flexibility index (Phi) is 19.0. The standard InChI is InChI=1S/C20H18N4O2.C20H14N4O2.C14H9N3O.C6H6BrNO.ClH/c2*1-25-19-6-5-15(13-23-19)24-10-8-16-17(24)3-2-4-18(16)26-20-11-14(12-21)7-9-22-20;15-9-10-4-6-17-14(8-10)18-13-3-1-2-12-11(13)5-7-16-12;1-9-6-3-2-5(7)4-8-6;/h2-11,13H,12,21H2,1H3;2-11,13H,1H3;1-8,16H;2-4H,1H3;1H. The van der Waals surface area contributed by atoms with E-state index in [2.05, 4.69) is 67.5 Å². The quantitative estimate of drug-likeness (QED) is 0.116. The molecule has 0 radical (unpaired) electrons. The van der Waals surface area contributed by atoms with Crippen LogP contribution in [0.4, 0.5) is 0 Å². The monoisotopic (exact) mass is 1150 g/mol. The van der Waals surface area contributed by atoms with Gasteiger partial charge < -0.3 is 48.3 Å². The summed E-state index contributed by atoms with van der Waals surface area (Å²) in [5.41, 5.74) is 12.6. The summed E-state index contributed by atoms with van der Waals surface area (Å²) >= 11 is 3.26. The number of pyridine rings is 6. The molecule has 3 N–H and O–H groups in total. The molecule has 3 aromatic carbocycles. The van der Waals surface area contributed by atoms with E-state index in [1.165, 1.54) is 0 Å². The van der Waals surface area contributed by atoms with Gasteiger partial charge in [-0.2, -0.15) is 10.5 Å². The Hall–Kier alpha value is -10.3. The molecule has 398 valence electrons. The van der Waals surface area contributed by atoms with Crippen molar-refractivity contribution >= 4 is 61.0 Å². The maximum absolute atomic E-state index is 9.02. The Morgan fingerprint density at radius 3 is 1.41 bits per heavy atom. The molecule has 0 atom stereocenters. The molecule has 0 aliphatic rings. The van der Waals surface area contributed by atoms with Gasteiger partial charge in [-0.15, -0.1) is 12.4 Å². The highest BCUT2D eigenvalue weighted by Gasteiger charge is 2.13. The zero-order chi connectivity index (χ0) is 54.9. The lowest BCUT2D eigenvalue weighted by molar-refractivity contribution is 0.397. The SMILES string of the molecule is COc1ccc(-n2ccc3c(Oc4cc(C#N)ccn4)cccc32)cn1.COc1ccc(-n2ccc3c(Oc4cc(CN)ccn4)cccc32)cn1.COc1ccc(Br)cn1.Cl.N#Cc1ccnc(Oc2cccc3[nH]ccc23)c1. The van der Waals surface area contributed by atoms with Crippen LogP contribution in [0.5, 0.6) is 52.5 Å². The van der Waals surface area contributed by atoms with E-state index in [0.29, 0.717) is 58.7 Å². The van der Waals surface area contributed by atoms with Gasteiger partial charge in [-0.25, -0.2) is 29.9 Å². The molecule has 0 amide bonds. The van der Waals surface area contributed by atoms with Gasteiger partial charge in [-0.3, -0.25) is 0 Å². The summed E-state index contributed by atoms with van der Waals surface area (Å²) < 4.78 is 37.7. The number of methoxy groups -OCH3 is 3. The summed E-state index contributed by atoms with van der Waals surface area (Å²) in [5.74, 6) is 5.25. The first-order chi connectivity index (χ1) is 38.7. The van der Waals surface area contributed by atoms with Crippen LogP contribution >= 0.6 is 28.3 Å². The molecule has 12 rings (SSSR count). The van der Waals surface area contributed by atoms with Crippen LogP contribution in [0.25, 0.3) is 44.1 Å². The minimum atomic E-state index is 0. The summed E-state index contributed by atoms with van der Waals surface area (Å²) in [4.78, 5) is 28.1. The first-order valence-electron chi connectivity index (χ1n) is 24.1. The van der Waals surface area contributed by atoms with Crippen molar-refractivity contribution in [1.82, 2.24) is 44.0 Å². The van der Waals surface area contributed by atoms with Crippen molar-refractivity contribution in [3.05, 3.63) is 223 Å². The van der Waals surface area contributed by atoms with Crippen LogP contribution in [0.3, 0.4) is 0 Å². The third kappa shape index (κ3) is 13.8. The molecule has 0 saturated heterocycles. The Morgan fingerprint density at radius 1 is 0.500 bits per heavy atom. The van der Waals surface area contributed by atoms with Gasteiger partial charge in [-0.1, -0.05) is 18.2 Å². The number of nitrogens with one attached hydrogen (secondary N) is 1. The summed E-state index contributed by atoms with van der Waals surface area (Å²) in [6.07, 6.45) is 15.8. The number of hydrogen-bond acceptors (Lipinski definition) is 15. The smallest absolute Gasteiger partial charge is 0.220 e. The molecule has 0 bridgehead atoms. The second-order valence-corrected chi connectivity index (χ2v) is 17.5. The molecular formula is C60H48BrClN12O6. The number of H-pyrrole nitrogens is 1. The van der Waals surface area contributed by atoms with E-state index >= 15 is 0 Å². The predicted octanol–water partition coefficient (Wildman–Crippen LogP) is 13.3. The average Bonchev–Trinajstić information content (AvgIpc) is 4.34. The van der Waals surface area contributed by atoms with Crippen molar-refractivity contribution in [3.63, 3.8) is 0 Å². The maximum atomic E-state index is 9.02. The fraction of sp³-hybridized carbons (Fsp3) is 0.0667. The molecule has 0 fully saturated rings. The fourth-order valence-corrected chi connectivity index (χ4v) is 8.08.